The van der Waals surface area contributed by atoms with Crippen LogP contribution in [-0.2, 0) is 14.3 Å². The van der Waals surface area contributed by atoms with Crippen molar-refractivity contribution >= 4 is 29.4 Å². The number of para-hydroxylation sites is 1. The molecule has 152 valence electrons. The molecule has 3 amide bonds. The molecule has 0 radical (unpaired) electrons. The molecule has 1 unspecified atom stereocenters. The third-order valence-electron chi connectivity index (χ3n) is 3.78. The zero-order valence-electron chi connectivity index (χ0n) is 16.1. The van der Waals surface area contributed by atoms with Gasteiger partial charge >= 0.3 is 12.0 Å². The van der Waals surface area contributed by atoms with Crippen LogP contribution in [0, 0.1) is 0 Å². The van der Waals surface area contributed by atoms with Gasteiger partial charge in [-0.3, -0.25) is 19.7 Å². The second kappa shape index (κ2) is 10.6. The Morgan fingerprint density at radius 3 is 2.24 bits per heavy atom. The summed E-state index contributed by atoms with van der Waals surface area (Å²) in [5.74, 6) is -0.931. The summed E-state index contributed by atoms with van der Waals surface area (Å²) >= 11 is 0. The van der Waals surface area contributed by atoms with Gasteiger partial charge in [0.2, 0.25) is 0 Å². The fraction of sp³-hybridized carbons (Fsp3) is 0.238. The van der Waals surface area contributed by atoms with Gasteiger partial charge in [0, 0.05) is 11.3 Å². The smallest absolute Gasteiger partial charge is 0.325 e. The Hall–Kier alpha value is -3.68. The van der Waals surface area contributed by atoms with Gasteiger partial charge in [0.25, 0.3) is 5.91 Å². The van der Waals surface area contributed by atoms with Gasteiger partial charge in [-0.25, -0.2) is 4.79 Å². The van der Waals surface area contributed by atoms with E-state index < -0.39 is 24.0 Å². The number of amides is 3. The molecule has 29 heavy (non-hydrogen) atoms. The summed E-state index contributed by atoms with van der Waals surface area (Å²) in [5.41, 5.74) is 1.09. The molecular formula is C21H22N2O6. The number of carbonyl (C=O) groups excluding carboxylic acids is 4. The Labute approximate surface area is 168 Å². The van der Waals surface area contributed by atoms with E-state index in [9.17, 15) is 19.2 Å². The van der Waals surface area contributed by atoms with E-state index in [1.165, 1.54) is 13.8 Å². The van der Waals surface area contributed by atoms with Crippen molar-refractivity contribution < 1.29 is 28.7 Å². The van der Waals surface area contributed by atoms with Gasteiger partial charge < -0.3 is 14.8 Å². The highest BCUT2D eigenvalue weighted by molar-refractivity contribution is 6.02. The summed E-state index contributed by atoms with van der Waals surface area (Å²) in [6.07, 6.45) is -1.22. The molecule has 0 aromatic heterocycles. The number of Topliss-reactive ketones (excluding diaryl/α,β-unsaturated/α-hetero) is 1. The van der Waals surface area contributed by atoms with Crippen LogP contribution in [0.15, 0.2) is 54.6 Å². The van der Waals surface area contributed by atoms with E-state index in [1.54, 1.807) is 54.6 Å². The van der Waals surface area contributed by atoms with E-state index in [0.717, 1.165) is 0 Å². The third-order valence-corrected chi connectivity index (χ3v) is 3.78. The molecule has 0 bridgehead atoms. The number of hydrogen-bond acceptors (Lipinski definition) is 6. The van der Waals surface area contributed by atoms with Gasteiger partial charge in [-0.2, -0.15) is 0 Å². The molecule has 0 saturated carbocycles. The van der Waals surface area contributed by atoms with Gasteiger partial charge in [0.05, 0.1) is 13.0 Å². The lowest BCUT2D eigenvalue weighted by atomic mass is 10.1. The highest BCUT2D eigenvalue weighted by Gasteiger charge is 2.20. The van der Waals surface area contributed by atoms with Crippen molar-refractivity contribution in [2.24, 2.45) is 0 Å². The van der Waals surface area contributed by atoms with Crippen molar-refractivity contribution in [3.05, 3.63) is 60.2 Å². The number of imide groups is 1. The van der Waals surface area contributed by atoms with Crippen LogP contribution in [0.2, 0.25) is 0 Å². The molecular weight excluding hydrogens is 376 g/mol. The van der Waals surface area contributed by atoms with Gasteiger partial charge in [0.15, 0.2) is 11.9 Å². The second-order valence-corrected chi connectivity index (χ2v) is 6.12. The van der Waals surface area contributed by atoms with Gasteiger partial charge in [0.1, 0.15) is 5.75 Å². The van der Waals surface area contributed by atoms with Crippen LogP contribution in [0.4, 0.5) is 10.5 Å². The van der Waals surface area contributed by atoms with E-state index in [1.807, 2.05) is 0 Å². The predicted molar refractivity (Wildman–Crippen MR) is 106 cm³/mol. The van der Waals surface area contributed by atoms with Crippen molar-refractivity contribution in [1.29, 1.82) is 0 Å². The molecule has 2 aromatic carbocycles. The highest BCUT2D eigenvalue weighted by atomic mass is 16.5. The minimum atomic E-state index is -1.14. The fourth-order valence-electron chi connectivity index (χ4n) is 2.25. The van der Waals surface area contributed by atoms with Crippen LogP contribution >= 0.6 is 0 Å². The molecule has 0 aliphatic heterocycles. The molecule has 0 heterocycles. The fourth-order valence-corrected chi connectivity index (χ4v) is 2.25. The van der Waals surface area contributed by atoms with E-state index in [-0.39, 0.29) is 18.8 Å². The number of rotatable bonds is 8. The van der Waals surface area contributed by atoms with Gasteiger partial charge in [-0.1, -0.05) is 18.2 Å². The van der Waals surface area contributed by atoms with Crippen molar-refractivity contribution in [3.8, 4) is 5.75 Å². The Morgan fingerprint density at radius 2 is 1.62 bits per heavy atom. The number of urea groups is 1. The first kappa shape index (κ1) is 21.6. The summed E-state index contributed by atoms with van der Waals surface area (Å²) in [5, 5.41) is 4.60. The Morgan fingerprint density at radius 1 is 0.966 bits per heavy atom. The first-order valence-corrected chi connectivity index (χ1v) is 8.95. The number of benzene rings is 2. The average Bonchev–Trinajstić information content (AvgIpc) is 2.69. The van der Waals surface area contributed by atoms with Crippen LogP contribution in [0.5, 0.6) is 5.75 Å². The number of ketones is 1. The zero-order chi connectivity index (χ0) is 21.2. The van der Waals surface area contributed by atoms with Crippen molar-refractivity contribution in [3.63, 3.8) is 0 Å². The molecule has 8 heteroatoms. The number of nitrogens with one attached hydrogen (secondary N) is 2. The first-order valence-electron chi connectivity index (χ1n) is 8.95. The molecule has 2 rings (SSSR count). The molecule has 0 aliphatic rings. The first-order chi connectivity index (χ1) is 13.8. The summed E-state index contributed by atoms with van der Waals surface area (Å²) in [6, 6.07) is 14.4. The normalized spacial score (nSPS) is 11.1. The number of anilines is 1. The summed E-state index contributed by atoms with van der Waals surface area (Å²) in [6.45, 7) is 2.87. The molecule has 8 nitrogen and oxygen atoms in total. The maximum Gasteiger partial charge on any atom is 0.325 e. The Balaban J connectivity index is 1.70. The lowest BCUT2D eigenvalue weighted by Crippen LogP contribution is -2.41. The zero-order valence-corrected chi connectivity index (χ0v) is 16.1. The van der Waals surface area contributed by atoms with Crippen LogP contribution in [-0.4, -0.2) is 36.4 Å². The third kappa shape index (κ3) is 7.45. The summed E-state index contributed by atoms with van der Waals surface area (Å²) in [7, 11) is 0. The maximum absolute atomic E-state index is 12.0. The van der Waals surface area contributed by atoms with E-state index in [0.29, 0.717) is 17.0 Å². The van der Waals surface area contributed by atoms with E-state index >= 15 is 0 Å². The number of esters is 1. The second-order valence-electron chi connectivity index (χ2n) is 6.12. The van der Waals surface area contributed by atoms with Gasteiger partial charge in [-0.05, 0) is 50.2 Å². The maximum atomic E-state index is 12.0. The van der Waals surface area contributed by atoms with Crippen molar-refractivity contribution in [1.82, 2.24) is 5.32 Å². The van der Waals surface area contributed by atoms with E-state index in [4.69, 9.17) is 9.47 Å². The summed E-state index contributed by atoms with van der Waals surface area (Å²) in [4.78, 5) is 46.8. The Kier molecular flexibility index (Phi) is 7.90. The molecule has 0 fully saturated rings. The highest BCUT2D eigenvalue weighted by Crippen LogP contribution is 2.13. The SMILES string of the molecule is CC(=O)c1ccc(OCCC(=O)OC(C)C(=O)NC(=O)Nc2ccccc2)cc1. The standard InChI is InChI=1S/C21H22N2O6/c1-14(24)16-8-10-18(11-9-16)28-13-12-19(25)29-15(2)20(26)23-21(27)22-17-6-4-3-5-7-17/h3-11,15H,12-13H2,1-2H3,(H2,22,23,26,27). The lowest BCUT2D eigenvalue weighted by molar-refractivity contribution is -0.154. The molecule has 0 spiro atoms. The minimum Gasteiger partial charge on any atom is -0.493 e. The Bertz CT molecular complexity index is 864. The van der Waals surface area contributed by atoms with Crippen LogP contribution in [0.3, 0.4) is 0 Å². The quantitative estimate of drug-likeness (QED) is 0.522. The molecule has 2 N–H and O–H groups in total. The molecule has 0 saturated heterocycles. The largest absolute Gasteiger partial charge is 0.493 e. The van der Waals surface area contributed by atoms with Gasteiger partial charge in [-0.15, -0.1) is 0 Å². The predicted octanol–water partition coefficient (Wildman–Crippen LogP) is 2.94. The van der Waals surface area contributed by atoms with E-state index in [2.05, 4.69) is 10.6 Å². The average molecular weight is 398 g/mol. The molecule has 0 aliphatic carbocycles. The van der Waals surface area contributed by atoms with Crippen molar-refractivity contribution in [2.75, 3.05) is 11.9 Å². The monoisotopic (exact) mass is 398 g/mol. The number of carbonyl (C=O) groups is 4. The number of ether oxygens (including phenoxy) is 2. The summed E-state index contributed by atoms with van der Waals surface area (Å²) < 4.78 is 10.4. The van der Waals surface area contributed by atoms with Crippen LogP contribution < -0.4 is 15.4 Å². The minimum absolute atomic E-state index is 0.0427. The number of hydrogen-bond donors (Lipinski definition) is 2. The van der Waals surface area contributed by atoms with Crippen LogP contribution in [0.25, 0.3) is 0 Å². The molecule has 1 atom stereocenters. The van der Waals surface area contributed by atoms with Crippen molar-refractivity contribution in [2.45, 2.75) is 26.4 Å². The topological polar surface area (TPSA) is 111 Å². The van der Waals surface area contributed by atoms with Crippen LogP contribution in [0.1, 0.15) is 30.6 Å². The lowest BCUT2D eigenvalue weighted by Gasteiger charge is -2.13. The molecule has 2 aromatic rings.